The van der Waals surface area contributed by atoms with Crippen molar-refractivity contribution in [2.24, 2.45) is 5.73 Å². The van der Waals surface area contributed by atoms with Gasteiger partial charge < -0.3 is 5.73 Å². The monoisotopic (exact) mass is 197 g/mol. The van der Waals surface area contributed by atoms with E-state index in [1.54, 1.807) is 18.2 Å². The van der Waals surface area contributed by atoms with Gasteiger partial charge in [-0.3, -0.25) is 0 Å². The van der Waals surface area contributed by atoms with Gasteiger partial charge in [0, 0.05) is 11.6 Å². The Morgan fingerprint density at radius 3 is 2.57 bits per heavy atom. The van der Waals surface area contributed by atoms with Crippen LogP contribution >= 0.6 is 0 Å². The highest BCUT2D eigenvalue weighted by Crippen LogP contribution is 2.22. The number of hydrogen-bond acceptors (Lipinski definition) is 1. The molecule has 0 aromatic heterocycles. The van der Waals surface area contributed by atoms with E-state index in [1.807, 2.05) is 0 Å². The van der Waals surface area contributed by atoms with E-state index >= 15 is 0 Å². The zero-order chi connectivity index (χ0) is 10.6. The lowest BCUT2D eigenvalue weighted by atomic mass is 10.0. The molecular weight excluding hydrogens is 184 g/mol. The molecule has 0 aliphatic heterocycles. The largest absolute Gasteiger partial charge is 0.324 e. The van der Waals surface area contributed by atoms with Crippen molar-refractivity contribution in [2.75, 3.05) is 0 Å². The van der Waals surface area contributed by atoms with Gasteiger partial charge in [0.2, 0.25) is 0 Å². The van der Waals surface area contributed by atoms with Crippen molar-refractivity contribution < 1.29 is 8.78 Å². The van der Waals surface area contributed by atoms with Crippen LogP contribution in [0.5, 0.6) is 0 Å². The summed E-state index contributed by atoms with van der Waals surface area (Å²) in [6.07, 6.45) is -0.169. The normalized spacial score (nSPS) is 12.9. The highest BCUT2D eigenvalue weighted by molar-refractivity contribution is 5.26. The topological polar surface area (TPSA) is 26.0 Å². The lowest BCUT2D eigenvalue weighted by Crippen LogP contribution is -2.09. The lowest BCUT2D eigenvalue weighted by molar-refractivity contribution is 0.151. The molecular formula is C11H13F2N. The predicted molar refractivity (Wildman–Crippen MR) is 53.1 cm³/mol. The van der Waals surface area contributed by atoms with Gasteiger partial charge in [0.25, 0.3) is 6.43 Å². The number of benzene rings is 1. The molecule has 0 unspecified atom stereocenters. The van der Waals surface area contributed by atoms with E-state index in [1.165, 1.54) is 12.1 Å². The van der Waals surface area contributed by atoms with E-state index in [-0.39, 0.29) is 11.6 Å². The van der Waals surface area contributed by atoms with Crippen LogP contribution in [0.2, 0.25) is 0 Å². The molecule has 1 aromatic rings. The molecule has 0 aliphatic rings. The van der Waals surface area contributed by atoms with Gasteiger partial charge in [-0.05, 0) is 18.1 Å². The molecule has 0 fully saturated rings. The molecule has 0 radical (unpaired) electrons. The van der Waals surface area contributed by atoms with Crippen molar-refractivity contribution in [2.45, 2.75) is 18.9 Å². The van der Waals surface area contributed by atoms with Crippen LogP contribution in [0.25, 0.3) is 0 Å². The van der Waals surface area contributed by atoms with Gasteiger partial charge in [-0.25, -0.2) is 8.78 Å². The number of alkyl halides is 2. The fourth-order valence-corrected chi connectivity index (χ4v) is 1.24. The van der Waals surface area contributed by atoms with Gasteiger partial charge >= 0.3 is 0 Å². The Labute approximate surface area is 82.2 Å². The SMILES string of the molecule is C=CC[C@H](N)c1cccc(C(F)F)c1. The van der Waals surface area contributed by atoms with Gasteiger partial charge in [-0.2, -0.15) is 0 Å². The standard InChI is InChI=1S/C11H13F2N/c1-2-4-10(14)8-5-3-6-9(7-8)11(12)13/h2-3,5-7,10-11H,1,4,14H2/t10-/m0/s1. The minimum Gasteiger partial charge on any atom is -0.324 e. The summed E-state index contributed by atoms with van der Waals surface area (Å²) < 4.78 is 24.7. The third-order valence-electron chi connectivity index (χ3n) is 2.01. The van der Waals surface area contributed by atoms with Gasteiger partial charge in [-0.15, -0.1) is 6.58 Å². The van der Waals surface area contributed by atoms with E-state index in [2.05, 4.69) is 6.58 Å². The van der Waals surface area contributed by atoms with Crippen molar-refractivity contribution >= 4 is 0 Å². The van der Waals surface area contributed by atoms with Gasteiger partial charge in [-0.1, -0.05) is 24.3 Å². The first-order chi connectivity index (χ1) is 6.65. The first-order valence-corrected chi connectivity index (χ1v) is 4.39. The highest BCUT2D eigenvalue weighted by atomic mass is 19.3. The van der Waals surface area contributed by atoms with Crippen molar-refractivity contribution in [1.29, 1.82) is 0 Å². The molecule has 0 saturated heterocycles. The fourth-order valence-electron chi connectivity index (χ4n) is 1.24. The maximum atomic E-state index is 12.3. The molecule has 1 rings (SSSR count). The summed E-state index contributed by atoms with van der Waals surface area (Å²) in [5, 5.41) is 0. The molecule has 0 bridgehead atoms. The third kappa shape index (κ3) is 2.64. The zero-order valence-corrected chi connectivity index (χ0v) is 7.79. The fraction of sp³-hybridized carbons (Fsp3) is 0.273. The second-order valence-corrected chi connectivity index (χ2v) is 3.10. The second-order valence-electron chi connectivity index (χ2n) is 3.10. The summed E-state index contributed by atoms with van der Waals surface area (Å²) in [4.78, 5) is 0. The molecule has 1 atom stereocenters. The van der Waals surface area contributed by atoms with Crippen molar-refractivity contribution in [3.05, 3.63) is 48.0 Å². The van der Waals surface area contributed by atoms with Crippen LogP contribution in [0.15, 0.2) is 36.9 Å². The first-order valence-electron chi connectivity index (χ1n) is 4.39. The molecule has 0 saturated carbocycles. The summed E-state index contributed by atoms with van der Waals surface area (Å²) in [7, 11) is 0. The Morgan fingerprint density at radius 2 is 2.00 bits per heavy atom. The Kier molecular flexibility index (Phi) is 3.77. The summed E-state index contributed by atoms with van der Waals surface area (Å²) in [6.45, 7) is 3.56. The van der Waals surface area contributed by atoms with E-state index in [0.29, 0.717) is 6.42 Å². The smallest absolute Gasteiger partial charge is 0.263 e. The molecule has 0 spiro atoms. The average Bonchev–Trinajstić information content (AvgIpc) is 2.18. The first kappa shape index (κ1) is 10.9. The van der Waals surface area contributed by atoms with Crippen molar-refractivity contribution in [3.8, 4) is 0 Å². The number of halogens is 2. The van der Waals surface area contributed by atoms with Crippen LogP contribution < -0.4 is 5.73 Å². The Hall–Kier alpha value is -1.22. The molecule has 0 aliphatic carbocycles. The molecule has 0 amide bonds. The quantitative estimate of drug-likeness (QED) is 0.737. The zero-order valence-electron chi connectivity index (χ0n) is 7.79. The van der Waals surface area contributed by atoms with Crippen LogP contribution in [0.4, 0.5) is 8.78 Å². The number of nitrogens with two attached hydrogens (primary N) is 1. The number of rotatable bonds is 4. The molecule has 0 heterocycles. The van der Waals surface area contributed by atoms with Crippen LogP contribution in [0.1, 0.15) is 30.0 Å². The Bertz CT molecular complexity index is 310. The van der Waals surface area contributed by atoms with Crippen molar-refractivity contribution in [1.82, 2.24) is 0 Å². The van der Waals surface area contributed by atoms with E-state index in [0.717, 1.165) is 5.56 Å². The van der Waals surface area contributed by atoms with Crippen LogP contribution in [0, 0.1) is 0 Å². The highest BCUT2D eigenvalue weighted by Gasteiger charge is 2.09. The van der Waals surface area contributed by atoms with E-state index in [4.69, 9.17) is 5.73 Å². The summed E-state index contributed by atoms with van der Waals surface area (Å²) in [5.74, 6) is 0. The van der Waals surface area contributed by atoms with Gasteiger partial charge in [0.15, 0.2) is 0 Å². The second kappa shape index (κ2) is 4.86. The number of hydrogen-bond donors (Lipinski definition) is 1. The van der Waals surface area contributed by atoms with E-state index < -0.39 is 6.43 Å². The molecule has 76 valence electrons. The van der Waals surface area contributed by atoms with Crippen molar-refractivity contribution in [3.63, 3.8) is 0 Å². The van der Waals surface area contributed by atoms with Crippen LogP contribution in [-0.2, 0) is 0 Å². The Morgan fingerprint density at radius 1 is 1.36 bits per heavy atom. The molecule has 3 heteroatoms. The minimum absolute atomic E-state index is 0.0158. The molecule has 1 aromatic carbocycles. The molecule has 1 nitrogen and oxygen atoms in total. The lowest BCUT2D eigenvalue weighted by Gasteiger charge is -2.10. The maximum Gasteiger partial charge on any atom is 0.263 e. The van der Waals surface area contributed by atoms with E-state index in [9.17, 15) is 8.78 Å². The summed E-state index contributed by atoms with van der Waals surface area (Å²) >= 11 is 0. The summed E-state index contributed by atoms with van der Waals surface area (Å²) in [6, 6.07) is 5.94. The van der Waals surface area contributed by atoms with Gasteiger partial charge in [0.1, 0.15) is 0 Å². The van der Waals surface area contributed by atoms with Gasteiger partial charge in [0.05, 0.1) is 0 Å². The maximum absolute atomic E-state index is 12.3. The Balaban J connectivity index is 2.87. The minimum atomic E-state index is -2.44. The van der Waals surface area contributed by atoms with Crippen LogP contribution in [0.3, 0.4) is 0 Å². The summed E-state index contributed by atoms with van der Waals surface area (Å²) in [5.41, 5.74) is 6.50. The third-order valence-corrected chi connectivity index (χ3v) is 2.01. The molecule has 2 N–H and O–H groups in total. The molecule has 14 heavy (non-hydrogen) atoms. The predicted octanol–water partition coefficient (Wildman–Crippen LogP) is 3.20. The van der Waals surface area contributed by atoms with Crippen LogP contribution in [-0.4, -0.2) is 0 Å². The average molecular weight is 197 g/mol.